The van der Waals surface area contributed by atoms with Crippen molar-refractivity contribution < 1.29 is 14.3 Å². The van der Waals surface area contributed by atoms with Crippen molar-refractivity contribution in [2.45, 2.75) is 37.0 Å². The fourth-order valence-electron chi connectivity index (χ4n) is 4.08. The molecule has 30 heavy (non-hydrogen) atoms. The number of carbonyl (C=O) groups excluding carboxylic acids is 2. The van der Waals surface area contributed by atoms with Gasteiger partial charge < -0.3 is 14.5 Å². The zero-order valence-corrected chi connectivity index (χ0v) is 18.9. The van der Waals surface area contributed by atoms with Crippen LogP contribution in [0.5, 0.6) is 0 Å². The van der Waals surface area contributed by atoms with Crippen molar-refractivity contribution in [3.8, 4) is 0 Å². The molecule has 0 spiro atoms. The first kappa shape index (κ1) is 22.5. The van der Waals surface area contributed by atoms with E-state index in [2.05, 4.69) is 45.5 Å². The molecule has 0 aliphatic carbocycles. The van der Waals surface area contributed by atoms with Gasteiger partial charge in [0.1, 0.15) is 6.04 Å². The summed E-state index contributed by atoms with van der Waals surface area (Å²) in [6.07, 6.45) is 2.40. The van der Waals surface area contributed by atoms with Crippen molar-refractivity contribution in [2.75, 3.05) is 27.2 Å². The average Bonchev–Trinajstić information content (AvgIpc) is 2.81. The summed E-state index contributed by atoms with van der Waals surface area (Å²) in [5.41, 5.74) is 1.86. The van der Waals surface area contributed by atoms with Gasteiger partial charge in [0.2, 0.25) is 5.91 Å². The third-order valence-corrected chi connectivity index (χ3v) is 6.65. The van der Waals surface area contributed by atoms with Crippen molar-refractivity contribution in [1.82, 2.24) is 9.80 Å². The van der Waals surface area contributed by atoms with Gasteiger partial charge >= 0.3 is 5.97 Å². The lowest BCUT2D eigenvalue weighted by Gasteiger charge is -2.42. The molecule has 2 aromatic carbocycles. The zero-order chi connectivity index (χ0) is 21.5. The van der Waals surface area contributed by atoms with Crippen molar-refractivity contribution >= 4 is 21.1 Å². The van der Waals surface area contributed by atoms with E-state index in [1.165, 1.54) is 12.7 Å². The van der Waals surface area contributed by atoms with E-state index in [1.807, 2.05) is 36.4 Å². The number of hydrogen-bond donors (Lipinski definition) is 0. The lowest BCUT2D eigenvalue weighted by atomic mass is 9.94. The van der Waals surface area contributed by atoms with Crippen LogP contribution in [0.4, 0.5) is 0 Å². The SMILES string of the molecule is COC(=O)[C@@H]1C[C@@H](N(C)CCc2ccccc2)CCN1C(=O)C(P)c1ccccc1. The molecule has 0 N–H and O–H groups in total. The van der Waals surface area contributed by atoms with E-state index in [4.69, 9.17) is 4.74 Å². The summed E-state index contributed by atoms with van der Waals surface area (Å²) >= 11 is 0. The largest absolute Gasteiger partial charge is 0.467 e. The van der Waals surface area contributed by atoms with Crippen molar-refractivity contribution in [3.63, 3.8) is 0 Å². The Bertz CT molecular complexity index is 831. The normalized spacial score (nSPS) is 20.1. The second kappa shape index (κ2) is 10.7. The first-order valence-electron chi connectivity index (χ1n) is 10.4. The van der Waals surface area contributed by atoms with Gasteiger partial charge in [0, 0.05) is 19.1 Å². The number of benzene rings is 2. The number of amides is 1. The molecular formula is C24H31N2O3P. The number of piperidine rings is 1. The van der Waals surface area contributed by atoms with E-state index in [0.29, 0.717) is 13.0 Å². The molecule has 0 radical (unpaired) electrons. The van der Waals surface area contributed by atoms with Gasteiger partial charge in [-0.2, -0.15) is 0 Å². The quantitative estimate of drug-likeness (QED) is 0.504. The lowest BCUT2D eigenvalue weighted by molar-refractivity contribution is -0.155. The Morgan fingerprint density at radius 2 is 1.77 bits per heavy atom. The van der Waals surface area contributed by atoms with E-state index < -0.39 is 6.04 Å². The number of esters is 1. The van der Waals surface area contributed by atoms with Crippen LogP contribution in [-0.4, -0.2) is 61.0 Å². The minimum atomic E-state index is -0.549. The molecule has 1 amide bonds. The standard InChI is InChI=1S/C24H31N2O3P/c1-25(15-13-18-9-5-3-6-10-18)20-14-16-26(21(17-20)24(28)29-2)23(27)22(30)19-11-7-4-8-12-19/h3-12,20-22H,13-17,30H2,1-2H3/t20-,21-,22?/m0/s1. The van der Waals surface area contributed by atoms with Crippen LogP contribution in [0.1, 0.15) is 29.6 Å². The Morgan fingerprint density at radius 1 is 1.13 bits per heavy atom. The summed E-state index contributed by atoms with van der Waals surface area (Å²) in [7, 11) is 6.12. The predicted molar refractivity (Wildman–Crippen MR) is 122 cm³/mol. The topological polar surface area (TPSA) is 49.9 Å². The Morgan fingerprint density at radius 3 is 2.40 bits per heavy atom. The van der Waals surface area contributed by atoms with Gasteiger partial charge in [0.25, 0.3) is 0 Å². The number of likely N-dealkylation sites (tertiary alicyclic amines) is 1. The number of ether oxygens (including phenoxy) is 1. The third-order valence-electron chi connectivity index (χ3n) is 5.98. The third kappa shape index (κ3) is 5.47. The number of nitrogens with zero attached hydrogens (tertiary/aromatic N) is 2. The molecule has 6 heteroatoms. The van der Waals surface area contributed by atoms with Crippen LogP contribution in [0.3, 0.4) is 0 Å². The van der Waals surface area contributed by atoms with Gasteiger partial charge in [-0.1, -0.05) is 60.7 Å². The van der Waals surface area contributed by atoms with E-state index in [-0.39, 0.29) is 23.6 Å². The van der Waals surface area contributed by atoms with Crippen LogP contribution in [0, 0.1) is 0 Å². The minimum Gasteiger partial charge on any atom is -0.467 e. The maximum absolute atomic E-state index is 13.2. The molecule has 160 valence electrons. The highest BCUT2D eigenvalue weighted by molar-refractivity contribution is 7.19. The Labute approximate surface area is 181 Å². The summed E-state index contributed by atoms with van der Waals surface area (Å²) in [4.78, 5) is 29.8. The van der Waals surface area contributed by atoms with E-state index in [0.717, 1.165) is 24.9 Å². The summed E-state index contributed by atoms with van der Waals surface area (Å²) in [5, 5.41) is 0. The highest BCUT2D eigenvalue weighted by Gasteiger charge is 2.39. The monoisotopic (exact) mass is 426 g/mol. The summed E-state index contributed by atoms with van der Waals surface area (Å²) in [5.74, 6) is -0.387. The molecule has 4 atom stereocenters. The van der Waals surface area contributed by atoms with Crippen LogP contribution in [-0.2, 0) is 20.7 Å². The van der Waals surface area contributed by atoms with Crippen molar-refractivity contribution in [2.24, 2.45) is 0 Å². The number of likely N-dealkylation sites (N-methyl/N-ethyl adjacent to an activating group) is 1. The molecule has 2 unspecified atom stereocenters. The van der Waals surface area contributed by atoms with Crippen LogP contribution in [0.25, 0.3) is 0 Å². The van der Waals surface area contributed by atoms with Gasteiger partial charge in [0.05, 0.1) is 12.8 Å². The van der Waals surface area contributed by atoms with E-state index in [1.54, 1.807) is 4.90 Å². The minimum absolute atomic E-state index is 0.0491. The molecule has 1 saturated heterocycles. The van der Waals surface area contributed by atoms with E-state index >= 15 is 0 Å². The number of hydrogen-bond acceptors (Lipinski definition) is 4. The summed E-state index contributed by atoms with van der Waals surface area (Å²) < 4.78 is 5.05. The highest BCUT2D eigenvalue weighted by Crippen LogP contribution is 2.30. The fourth-order valence-corrected chi connectivity index (χ4v) is 4.50. The second-order valence-corrected chi connectivity index (χ2v) is 8.52. The van der Waals surface area contributed by atoms with Gasteiger partial charge in [-0.25, -0.2) is 4.79 Å². The average molecular weight is 426 g/mol. The van der Waals surface area contributed by atoms with Crippen LogP contribution in [0.2, 0.25) is 0 Å². The first-order valence-corrected chi connectivity index (χ1v) is 11.1. The maximum atomic E-state index is 13.2. The van der Waals surface area contributed by atoms with E-state index in [9.17, 15) is 9.59 Å². The van der Waals surface area contributed by atoms with Crippen LogP contribution >= 0.6 is 9.24 Å². The fraction of sp³-hybridized carbons (Fsp3) is 0.417. The molecule has 1 aliphatic rings. The summed E-state index contributed by atoms with van der Waals surface area (Å²) in [6, 6.07) is 19.7. The number of methoxy groups -OCH3 is 1. The molecule has 0 aromatic heterocycles. The molecule has 3 rings (SSSR count). The summed E-state index contributed by atoms with van der Waals surface area (Å²) in [6.45, 7) is 1.46. The van der Waals surface area contributed by atoms with Gasteiger partial charge in [0.15, 0.2) is 0 Å². The molecule has 2 aromatic rings. The van der Waals surface area contributed by atoms with Crippen molar-refractivity contribution in [3.05, 3.63) is 71.8 Å². The Balaban J connectivity index is 1.66. The second-order valence-electron chi connectivity index (χ2n) is 7.85. The first-order chi connectivity index (χ1) is 14.5. The van der Waals surface area contributed by atoms with Crippen LogP contribution in [0.15, 0.2) is 60.7 Å². The van der Waals surface area contributed by atoms with Gasteiger partial charge in [-0.15, -0.1) is 9.24 Å². The van der Waals surface area contributed by atoms with Crippen molar-refractivity contribution in [1.29, 1.82) is 0 Å². The smallest absolute Gasteiger partial charge is 0.328 e. The zero-order valence-electron chi connectivity index (χ0n) is 17.7. The van der Waals surface area contributed by atoms with Gasteiger partial charge in [-0.3, -0.25) is 4.79 Å². The molecule has 1 heterocycles. The molecular weight excluding hydrogens is 395 g/mol. The predicted octanol–water partition coefficient (Wildman–Crippen LogP) is 3.31. The number of rotatable bonds is 7. The molecule has 5 nitrogen and oxygen atoms in total. The Hall–Kier alpha value is -2.23. The molecule has 0 bridgehead atoms. The Kier molecular flexibility index (Phi) is 8.01. The van der Waals surface area contributed by atoms with Gasteiger partial charge in [-0.05, 0) is 37.4 Å². The lowest BCUT2D eigenvalue weighted by Crippen LogP contribution is -2.55. The maximum Gasteiger partial charge on any atom is 0.328 e. The highest BCUT2D eigenvalue weighted by atomic mass is 31.0. The van der Waals surface area contributed by atoms with Crippen LogP contribution < -0.4 is 0 Å². The molecule has 1 fully saturated rings. The molecule has 0 saturated carbocycles. The molecule has 1 aliphatic heterocycles. The number of carbonyl (C=O) groups is 2.